The van der Waals surface area contributed by atoms with Crippen LogP contribution < -0.4 is 5.32 Å². The van der Waals surface area contributed by atoms with E-state index in [0.29, 0.717) is 0 Å². The van der Waals surface area contributed by atoms with Crippen molar-refractivity contribution in [3.8, 4) is 0 Å². The Bertz CT molecular complexity index is 511. The summed E-state index contributed by atoms with van der Waals surface area (Å²) in [7, 11) is 0. The third kappa shape index (κ3) is 2.82. The number of rotatable bonds is 4. The number of anilines is 2. The highest BCUT2D eigenvalue weighted by molar-refractivity contribution is 7.13. The number of thiazole rings is 1. The summed E-state index contributed by atoms with van der Waals surface area (Å²) in [5.74, 6) is -1.33. The first-order valence-corrected chi connectivity index (χ1v) is 6.04. The first-order valence-electron chi connectivity index (χ1n) is 5.16. The number of aromatic nitrogens is 1. The van der Waals surface area contributed by atoms with Crippen molar-refractivity contribution in [1.82, 2.24) is 4.98 Å². The number of carbonyl (C=O) groups is 1. The molecule has 0 aliphatic rings. The molecular weight excluding hydrogens is 236 g/mol. The van der Waals surface area contributed by atoms with Crippen molar-refractivity contribution < 1.29 is 9.90 Å². The second kappa shape index (κ2) is 4.97. The lowest BCUT2D eigenvalue weighted by Gasteiger charge is -2.09. The Balaban J connectivity index is 2.19. The fourth-order valence-corrected chi connectivity index (χ4v) is 1.99. The Kier molecular flexibility index (Phi) is 3.39. The Morgan fingerprint density at radius 3 is 3.00 bits per heavy atom. The van der Waals surface area contributed by atoms with Crippen LogP contribution in [0.1, 0.15) is 18.4 Å². The third-order valence-electron chi connectivity index (χ3n) is 2.44. The zero-order valence-electron chi connectivity index (χ0n) is 9.25. The van der Waals surface area contributed by atoms with Crippen molar-refractivity contribution in [2.24, 2.45) is 0 Å². The average Bonchev–Trinajstić information content (AvgIpc) is 2.81. The van der Waals surface area contributed by atoms with Gasteiger partial charge < -0.3 is 10.4 Å². The average molecular weight is 248 g/mol. The zero-order valence-corrected chi connectivity index (χ0v) is 10.1. The number of carboxylic acid groups (broad SMARTS) is 1. The molecule has 0 saturated carbocycles. The predicted molar refractivity (Wildman–Crippen MR) is 67.9 cm³/mol. The van der Waals surface area contributed by atoms with Gasteiger partial charge in [0, 0.05) is 17.3 Å². The Morgan fingerprint density at radius 2 is 2.35 bits per heavy atom. The fourth-order valence-electron chi connectivity index (χ4n) is 1.44. The lowest BCUT2D eigenvalue weighted by molar-refractivity contribution is -0.138. The number of nitrogens with zero attached hydrogens (tertiary/aromatic N) is 1. The molecule has 4 nitrogen and oxygen atoms in total. The maximum absolute atomic E-state index is 10.9. The summed E-state index contributed by atoms with van der Waals surface area (Å²) in [5, 5.41) is 14.8. The number of benzene rings is 1. The van der Waals surface area contributed by atoms with E-state index >= 15 is 0 Å². The number of hydrogen-bond acceptors (Lipinski definition) is 4. The van der Waals surface area contributed by atoms with Crippen molar-refractivity contribution in [2.75, 3.05) is 5.32 Å². The van der Waals surface area contributed by atoms with E-state index in [0.717, 1.165) is 16.4 Å². The minimum atomic E-state index is -0.823. The Labute approximate surface area is 103 Å². The highest BCUT2D eigenvalue weighted by Crippen LogP contribution is 2.23. The van der Waals surface area contributed by atoms with E-state index in [2.05, 4.69) is 10.3 Å². The maximum atomic E-state index is 10.9. The van der Waals surface area contributed by atoms with Crippen molar-refractivity contribution >= 4 is 28.1 Å². The number of hydrogen-bond donors (Lipinski definition) is 2. The smallest absolute Gasteiger partial charge is 0.310 e. The van der Waals surface area contributed by atoms with Gasteiger partial charge in [0.1, 0.15) is 0 Å². The molecule has 2 rings (SSSR count). The van der Waals surface area contributed by atoms with Gasteiger partial charge in [-0.1, -0.05) is 12.1 Å². The molecule has 88 valence electrons. The minimum Gasteiger partial charge on any atom is -0.481 e. The molecule has 0 fully saturated rings. The highest BCUT2D eigenvalue weighted by Gasteiger charge is 2.13. The van der Waals surface area contributed by atoms with Gasteiger partial charge in [0.2, 0.25) is 0 Å². The van der Waals surface area contributed by atoms with Gasteiger partial charge in [0.05, 0.1) is 5.92 Å². The first-order chi connectivity index (χ1) is 8.16. The van der Waals surface area contributed by atoms with Crippen molar-refractivity contribution in [1.29, 1.82) is 0 Å². The van der Waals surface area contributed by atoms with Crippen LogP contribution in [0.4, 0.5) is 10.8 Å². The monoisotopic (exact) mass is 248 g/mol. The van der Waals surface area contributed by atoms with Gasteiger partial charge in [-0.3, -0.25) is 4.79 Å². The molecule has 1 heterocycles. The van der Waals surface area contributed by atoms with Crippen LogP contribution in [-0.4, -0.2) is 16.1 Å². The van der Waals surface area contributed by atoms with Gasteiger partial charge in [-0.05, 0) is 24.6 Å². The number of carboxylic acids is 1. The van der Waals surface area contributed by atoms with Crippen molar-refractivity contribution in [3.63, 3.8) is 0 Å². The summed E-state index contributed by atoms with van der Waals surface area (Å²) < 4.78 is 0. The first kappa shape index (κ1) is 11.6. The van der Waals surface area contributed by atoms with Crippen molar-refractivity contribution in [3.05, 3.63) is 41.4 Å². The molecule has 1 aromatic carbocycles. The second-order valence-electron chi connectivity index (χ2n) is 3.65. The molecule has 0 bridgehead atoms. The molecular formula is C12H12N2O2S. The standard InChI is InChI=1S/C12H12N2O2S/c1-8(11(15)16)9-3-2-4-10(7-9)14-12-13-5-6-17-12/h2-8H,1H3,(H,13,14)(H,15,16). The minimum absolute atomic E-state index is 0.506. The van der Waals surface area contributed by atoms with E-state index in [-0.39, 0.29) is 0 Å². The maximum Gasteiger partial charge on any atom is 0.310 e. The molecule has 17 heavy (non-hydrogen) atoms. The molecule has 1 atom stereocenters. The van der Waals surface area contributed by atoms with Crippen LogP contribution >= 0.6 is 11.3 Å². The molecule has 1 unspecified atom stereocenters. The summed E-state index contributed by atoms with van der Waals surface area (Å²) >= 11 is 1.50. The molecule has 0 aliphatic carbocycles. The molecule has 0 radical (unpaired) electrons. The van der Waals surface area contributed by atoms with Gasteiger partial charge in [-0.15, -0.1) is 11.3 Å². The van der Waals surface area contributed by atoms with Gasteiger partial charge in [-0.2, -0.15) is 0 Å². The van der Waals surface area contributed by atoms with E-state index in [1.165, 1.54) is 11.3 Å². The Morgan fingerprint density at radius 1 is 1.53 bits per heavy atom. The van der Waals surface area contributed by atoms with Crippen LogP contribution in [0.15, 0.2) is 35.8 Å². The topological polar surface area (TPSA) is 62.2 Å². The lowest BCUT2D eigenvalue weighted by atomic mass is 10.0. The normalized spacial score (nSPS) is 12.1. The summed E-state index contributed by atoms with van der Waals surface area (Å²) in [4.78, 5) is 15.0. The fraction of sp³-hybridized carbons (Fsp3) is 0.167. The van der Waals surface area contributed by atoms with Gasteiger partial charge >= 0.3 is 5.97 Å². The van der Waals surface area contributed by atoms with E-state index in [4.69, 9.17) is 5.11 Å². The summed E-state index contributed by atoms with van der Waals surface area (Å²) in [6, 6.07) is 7.37. The van der Waals surface area contributed by atoms with Crippen LogP contribution in [0, 0.1) is 0 Å². The molecule has 0 aliphatic heterocycles. The number of nitrogens with one attached hydrogen (secondary N) is 1. The van der Waals surface area contributed by atoms with Gasteiger partial charge in [0.25, 0.3) is 0 Å². The van der Waals surface area contributed by atoms with Crippen molar-refractivity contribution in [2.45, 2.75) is 12.8 Å². The SMILES string of the molecule is CC(C(=O)O)c1cccc(Nc2nccs2)c1. The molecule has 1 aromatic heterocycles. The zero-order chi connectivity index (χ0) is 12.3. The highest BCUT2D eigenvalue weighted by atomic mass is 32.1. The summed E-state index contributed by atoms with van der Waals surface area (Å²) in [6.07, 6.45) is 1.72. The molecule has 0 spiro atoms. The third-order valence-corrected chi connectivity index (χ3v) is 3.13. The second-order valence-corrected chi connectivity index (χ2v) is 4.54. The van der Waals surface area contributed by atoms with Gasteiger partial charge in [-0.25, -0.2) is 4.98 Å². The molecule has 2 aromatic rings. The van der Waals surface area contributed by atoms with E-state index < -0.39 is 11.9 Å². The molecule has 2 N–H and O–H groups in total. The molecule has 0 amide bonds. The lowest BCUT2D eigenvalue weighted by Crippen LogP contribution is -2.07. The molecule has 5 heteroatoms. The van der Waals surface area contributed by atoms with Crippen LogP contribution in [0.5, 0.6) is 0 Å². The Hall–Kier alpha value is -1.88. The van der Waals surface area contributed by atoms with Gasteiger partial charge in [0.15, 0.2) is 5.13 Å². The van der Waals surface area contributed by atoms with Crippen LogP contribution in [0.25, 0.3) is 0 Å². The van der Waals surface area contributed by atoms with Crippen LogP contribution in [0.3, 0.4) is 0 Å². The quantitative estimate of drug-likeness (QED) is 0.872. The number of aliphatic carboxylic acids is 1. The molecule has 0 saturated heterocycles. The van der Waals surface area contributed by atoms with Crippen LogP contribution in [-0.2, 0) is 4.79 Å². The van der Waals surface area contributed by atoms with E-state index in [1.54, 1.807) is 13.1 Å². The van der Waals surface area contributed by atoms with E-state index in [1.807, 2.05) is 29.6 Å². The van der Waals surface area contributed by atoms with Crippen LogP contribution in [0.2, 0.25) is 0 Å². The summed E-state index contributed by atoms with van der Waals surface area (Å²) in [5.41, 5.74) is 1.63. The largest absolute Gasteiger partial charge is 0.481 e. The van der Waals surface area contributed by atoms with E-state index in [9.17, 15) is 4.79 Å². The predicted octanol–water partition coefficient (Wildman–Crippen LogP) is 3.07. The summed E-state index contributed by atoms with van der Waals surface area (Å²) in [6.45, 7) is 1.67.